The summed E-state index contributed by atoms with van der Waals surface area (Å²) in [5.41, 5.74) is -2.01. The summed E-state index contributed by atoms with van der Waals surface area (Å²) in [5, 5.41) is 21.2. The van der Waals surface area contributed by atoms with Gasteiger partial charge in [0.05, 0.1) is 11.5 Å². The van der Waals surface area contributed by atoms with Gasteiger partial charge in [0.1, 0.15) is 11.7 Å². The highest BCUT2D eigenvalue weighted by molar-refractivity contribution is 5.76. The molecule has 1 heterocycles. The highest BCUT2D eigenvalue weighted by atomic mass is 16.6. The molecule has 0 amide bonds. The van der Waals surface area contributed by atoms with Crippen molar-refractivity contribution in [1.82, 2.24) is 0 Å². The molecular formula is C15H24O4. The minimum atomic E-state index is -1.16. The van der Waals surface area contributed by atoms with Crippen molar-refractivity contribution in [3.8, 4) is 0 Å². The molecule has 7 atom stereocenters. The zero-order chi connectivity index (χ0) is 14.0. The lowest BCUT2D eigenvalue weighted by Crippen LogP contribution is -2.67. The molecule has 3 fully saturated rings. The number of aliphatic hydroxyl groups excluding tert-OH is 1. The van der Waals surface area contributed by atoms with Crippen molar-refractivity contribution in [2.75, 3.05) is 0 Å². The number of esters is 1. The molecule has 2 aliphatic carbocycles. The Morgan fingerprint density at radius 2 is 1.89 bits per heavy atom. The molecule has 3 rings (SSSR count). The van der Waals surface area contributed by atoms with E-state index in [4.69, 9.17) is 4.74 Å². The normalized spacial score (nSPS) is 57.3. The number of carbonyl (C=O) groups is 1. The Balaban J connectivity index is 2.08. The standard InChI is InChI=1S/C15H24O4/c1-8-4-5-11-9(2)12(16)19-15(11)10(8)6-7-14(3,18)13(15)17/h8-11,13,17-18H,4-7H2,1-3H3/t8?,9?,10-,11-,13?,14+,15-/m0/s1. The lowest BCUT2D eigenvalue weighted by Gasteiger charge is -2.56. The Hall–Kier alpha value is -0.610. The third kappa shape index (κ3) is 1.56. The third-order valence-corrected chi connectivity index (χ3v) is 6.01. The van der Waals surface area contributed by atoms with Crippen molar-refractivity contribution in [3.63, 3.8) is 0 Å². The van der Waals surface area contributed by atoms with Gasteiger partial charge in [0, 0.05) is 11.8 Å². The zero-order valence-electron chi connectivity index (χ0n) is 11.9. The highest BCUT2D eigenvalue weighted by Crippen LogP contribution is 2.59. The van der Waals surface area contributed by atoms with Gasteiger partial charge < -0.3 is 14.9 Å². The van der Waals surface area contributed by atoms with E-state index in [2.05, 4.69) is 6.92 Å². The Bertz CT molecular complexity index is 401. The summed E-state index contributed by atoms with van der Waals surface area (Å²) in [7, 11) is 0. The van der Waals surface area contributed by atoms with Crippen LogP contribution in [0.15, 0.2) is 0 Å². The number of hydrogen-bond acceptors (Lipinski definition) is 4. The largest absolute Gasteiger partial charge is 0.455 e. The van der Waals surface area contributed by atoms with Crippen LogP contribution in [0, 0.1) is 23.7 Å². The van der Waals surface area contributed by atoms with Crippen LogP contribution in [0.5, 0.6) is 0 Å². The van der Waals surface area contributed by atoms with Gasteiger partial charge in [0.15, 0.2) is 0 Å². The fourth-order valence-electron chi connectivity index (χ4n) is 4.85. The summed E-state index contributed by atoms with van der Waals surface area (Å²) in [6.07, 6.45) is 2.40. The predicted octanol–water partition coefficient (Wildman–Crippen LogP) is 1.49. The van der Waals surface area contributed by atoms with Crippen LogP contribution in [0.4, 0.5) is 0 Å². The van der Waals surface area contributed by atoms with Crippen molar-refractivity contribution < 1.29 is 19.7 Å². The second-order valence-corrected chi connectivity index (χ2v) is 7.13. The van der Waals surface area contributed by atoms with Gasteiger partial charge in [0.2, 0.25) is 0 Å². The SMILES string of the molecule is CC1CC[C@H]2C(C)C(=O)O[C@]23C(O)[C@](C)(O)CC[C@@H]13. The first-order valence-corrected chi connectivity index (χ1v) is 7.44. The third-order valence-electron chi connectivity index (χ3n) is 6.01. The van der Waals surface area contributed by atoms with Gasteiger partial charge in [0.25, 0.3) is 0 Å². The Kier molecular flexibility index (Phi) is 2.78. The van der Waals surface area contributed by atoms with Crippen LogP contribution < -0.4 is 0 Å². The molecule has 1 aliphatic heterocycles. The fraction of sp³-hybridized carbons (Fsp3) is 0.933. The van der Waals surface area contributed by atoms with E-state index in [-0.39, 0.29) is 23.7 Å². The topological polar surface area (TPSA) is 66.8 Å². The second kappa shape index (κ2) is 3.95. The second-order valence-electron chi connectivity index (χ2n) is 7.13. The van der Waals surface area contributed by atoms with E-state index in [0.717, 1.165) is 19.3 Å². The van der Waals surface area contributed by atoms with E-state index in [0.29, 0.717) is 12.3 Å². The number of aliphatic hydroxyl groups is 2. The summed E-state index contributed by atoms with van der Waals surface area (Å²) < 4.78 is 5.74. The fourth-order valence-corrected chi connectivity index (χ4v) is 4.85. The number of hydrogen-bond donors (Lipinski definition) is 2. The minimum Gasteiger partial charge on any atom is -0.455 e. The molecule has 0 bridgehead atoms. The van der Waals surface area contributed by atoms with Gasteiger partial charge in [-0.1, -0.05) is 13.8 Å². The predicted molar refractivity (Wildman–Crippen MR) is 69.2 cm³/mol. The summed E-state index contributed by atoms with van der Waals surface area (Å²) in [6.45, 7) is 5.73. The van der Waals surface area contributed by atoms with Crippen LogP contribution in [0.2, 0.25) is 0 Å². The molecule has 2 N–H and O–H groups in total. The van der Waals surface area contributed by atoms with E-state index in [1.165, 1.54) is 0 Å². The van der Waals surface area contributed by atoms with Gasteiger partial charge in [-0.2, -0.15) is 0 Å². The summed E-state index contributed by atoms with van der Waals surface area (Å²) in [4.78, 5) is 12.0. The smallest absolute Gasteiger partial charge is 0.309 e. The maximum Gasteiger partial charge on any atom is 0.309 e. The Morgan fingerprint density at radius 3 is 2.58 bits per heavy atom. The molecule has 0 aromatic rings. The van der Waals surface area contributed by atoms with Crippen molar-refractivity contribution in [2.45, 2.75) is 63.8 Å². The van der Waals surface area contributed by atoms with Crippen LogP contribution in [0.3, 0.4) is 0 Å². The van der Waals surface area contributed by atoms with Crippen molar-refractivity contribution in [2.24, 2.45) is 23.7 Å². The molecule has 4 nitrogen and oxygen atoms in total. The minimum absolute atomic E-state index is 0.0444. The lowest BCUT2D eigenvalue weighted by atomic mass is 9.53. The molecule has 0 radical (unpaired) electrons. The van der Waals surface area contributed by atoms with Crippen molar-refractivity contribution >= 4 is 5.97 Å². The number of carbonyl (C=O) groups excluding carboxylic acids is 1. The van der Waals surface area contributed by atoms with Gasteiger partial charge in [-0.25, -0.2) is 0 Å². The molecule has 2 saturated carbocycles. The maximum absolute atomic E-state index is 12.0. The first-order valence-electron chi connectivity index (χ1n) is 7.44. The molecule has 0 aromatic carbocycles. The van der Waals surface area contributed by atoms with E-state index < -0.39 is 17.3 Å². The molecule has 0 aromatic heterocycles. The van der Waals surface area contributed by atoms with Crippen LogP contribution in [0.25, 0.3) is 0 Å². The molecule has 108 valence electrons. The maximum atomic E-state index is 12.0. The molecule has 3 unspecified atom stereocenters. The summed E-state index contributed by atoms with van der Waals surface area (Å²) in [5.74, 6) is 0.276. The van der Waals surface area contributed by atoms with E-state index in [1.807, 2.05) is 6.92 Å². The Morgan fingerprint density at radius 1 is 1.21 bits per heavy atom. The van der Waals surface area contributed by atoms with E-state index in [9.17, 15) is 15.0 Å². The summed E-state index contributed by atoms with van der Waals surface area (Å²) in [6, 6.07) is 0. The molecular weight excluding hydrogens is 244 g/mol. The highest BCUT2D eigenvalue weighted by Gasteiger charge is 2.68. The van der Waals surface area contributed by atoms with Crippen LogP contribution in [0.1, 0.15) is 46.5 Å². The summed E-state index contributed by atoms with van der Waals surface area (Å²) >= 11 is 0. The number of ether oxygens (including phenoxy) is 1. The lowest BCUT2D eigenvalue weighted by molar-refractivity contribution is -0.248. The molecule has 4 heteroatoms. The Labute approximate surface area is 114 Å². The van der Waals surface area contributed by atoms with Gasteiger partial charge in [-0.3, -0.25) is 4.79 Å². The van der Waals surface area contributed by atoms with E-state index >= 15 is 0 Å². The van der Waals surface area contributed by atoms with Gasteiger partial charge >= 0.3 is 5.97 Å². The molecule has 3 aliphatic rings. The van der Waals surface area contributed by atoms with Gasteiger partial charge in [-0.15, -0.1) is 0 Å². The van der Waals surface area contributed by atoms with Crippen LogP contribution in [-0.2, 0) is 9.53 Å². The zero-order valence-corrected chi connectivity index (χ0v) is 11.9. The van der Waals surface area contributed by atoms with Crippen molar-refractivity contribution in [3.05, 3.63) is 0 Å². The first-order chi connectivity index (χ1) is 8.80. The monoisotopic (exact) mass is 268 g/mol. The van der Waals surface area contributed by atoms with Crippen LogP contribution >= 0.6 is 0 Å². The molecule has 1 saturated heterocycles. The number of rotatable bonds is 0. The van der Waals surface area contributed by atoms with Crippen molar-refractivity contribution in [1.29, 1.82) is 0 Å². The molecule has 1 spiro atoms. The van der Waals surface area contributed by atoms with Gasteiger partial charge in [-0.05, 0) is 38.5 Å². The average molecular weight is 268 g/mol. The average Bonchev–Trinajstić information content (AvgIpc) is 2.59. The quantitative estimate of drug-likeness (QED) is 0.653. The van der Waals surface area contributed by atoms with Crippen LogP contribution in [-0.4, -0.2) is 33.5 Å². The van der Waals surface area contributed by atoms with E-state index in [1.54, 1.807) is 6.92 Å². The first kappa shape index (κ1) is 13.4. The molecule has 19 heavy (non-hydrogen) atoms.